The van der Waals surface area contributed by atoms with Gasteiger partial charge in [-0.15, -0.1) is 0 Å². The van der Waals surface area contributed by atoms with Gasteiger partial charge in [0.25, 0.3) is 0 Å². The maximum Gasteiger partial charge on any atom is 0.238 e. The number of hydrogen-bond donors (Lipinski definition) is 1. The van der Waals surface area contributed by atoms with Gasteiger partial charge in [0.15, 0.2) is 0 Å². The molecule has 27 heavy (non-hydrogen) atoms. The van der Waals surface area contributed by atoms with E-state index in [9.17, 15) is 4.79 Å². The molecule has 1 fully saturated rings. The maximum absolute atomic E-state index is 12.4. The van der Waals surface area contributed by atoms with Crippen LogP contribution in [0.5, 0.6) is 0 Å². The minimum atomic E-state index is 0.0705. The highest BCUT2D eigenvalue weighted by atomic mass is 16.2. The Bertz CT molecular complexity index is 777. The molecule has 1 saturated heterocycles. The van der Waals surface area contributed by atoms with Crippen molar-refractivity contribution in [2.24, 2.45) is 0 Å². The number of nitrogens with zero attached hydrogens (tertiary/aromatic N) is 2. The van der Waals surface area contributed by atoms with E-state index in [1.54, 1.807) is 0 Å². The first-order valence-corrected chi connectivity index (χ1v) is 9.63. The van der Waals surface area contributed by atoms with Gasteiger partial charge in [-0.05, 0) is 36.6 Å². The second-order valence-electron chi connectivity index (χ2n) is 7.26. The summed E-state index contributed by atoms with van der Waals surface area (Å²) >= 11 is 0. The molecule has 4 nitrogen and oxygen atoms in total. The predicted molar refractivity (Wildman–Crippen MR) is 113 cm³/mol. The van der Waals surface area contributed by atoms with Gasteiger partial charge in [0.05, 0.1) is 6.54 Å². The molecule has 0 aromatic heterocycles. The van der Waals surface area contributed by atoms with Gasteiger partial charge in [0.2, 0.25) is 5.91 Å². The fraction of sp³-hybridized carbons (Fsp3) is 0.348. The molecule has 0 spiro atoms. The summed E-state index contributed by atoms with van der Waals surface area (Å²) in [6.45, 7) is 9.33. The van der Waals surface area contributed by atoms with Crippen LogP contribution >= 0.6 is 0 Å². The van der Waals surface area contributed by atoms with Gasteiger partial charge in [-0.1, -0.05) is 54.6 Å². The van der Waals surface area contributed by atoms with Gasteiger partial charge in [0, 0.05) is 38.4 Å². The first-order valence-electron chi connectivity index (χ1n) is 9.63. The normalized spacial score (nSPS) is 15.9. The monoisotopic (exact) mass is 363 g/mol. The summed E-state index contributed by atoms with van der Waals surface area (Å²) in [6.07, 6.45) is 4.39. The lowest BCUT2D eigenvalue weighted by atomic mass is 10.1. The number of nitrogens with one attached hydrogen (secondary N) is 1. The average molecular weight is 364 g/mol. The van der Waals surface area contributed by atoms with Crippen LogP contribution in [-0.4, -0.2) is 55.0 Å². The quantitative estimate of drug-likeness (QED) is 0.852. The standard InChI is InChI=1S/C23H29N3O/c1-19-10-11-20(2)22(17-19)24-23(27)18-26-15-13-25(14-16-26)12-6-9-21-7-4-3-5-8-21/h3-11,17H,12-16,18H2,1-2H3,(H,24,27). The SMILES string of the molecule is Cc1ccc(C)c(NC(=O)CN2CCN(CC=Cc3ccccc3)CC2)c1. The molecule has 2 aromatic carbocycles. The summed E-state index contributed by atoms with van der Waals surface area (Å²) in [4.78, 5) is 17.0. The van der Waals surface area contributed by atoms with E-state index in [1.165, 1.54) is 5.56 Å². The minimum Gasteiger partial charge on any atom is -0.325 e. The van der Waals surface area contributed by atoms with Crippen LogP contribution in [0.15, 0.2) is 54.6 Å². The van der Waals surface area contributed by atoms with Crippen LogP contribution in [0.4, 0.5) is 5.69 Å². The summed E-state index contributed by atoms with van der Waals surface area (Å²) in [5.74, 6) is 0.0705. The van der Waals surface area contributed by atoms with Crippen LogP contribution in [0.2, 0.25) is 0 Å². The Morgan fingerprint density at radius 3 is 2.44 bits per heavy atom. The molecule has 1 amide bonds. The lowest BCUT2D eigenvalue weighted by Gasteiger charge is -2.33. The number of amides is 1. The van der Waals surface area contributed by atoms with Crippen LogP contribution in [0.25, 0.3) is 6.08 Å². The molecular formula is C23H29N3O. The zero-order valence-corrected chi connectivity index (χ0v) is 16.3. The average Bonchev–Trinajstić information content (AvgIpc) is 2.67. The number of benzene rings is 2. The first kappa shape index (κ1) is 19.3. The minimum absolute atomic E-state index is 0.0705. The molecule has 1 aliphatic rings. The highest BCUT2D eigenvalue weighted by molar-refractivity contribution is 5.93. The second kappa shape index (κ2) is 9.49. The Hall–Kier alpha value is -2.43. The smallest absolute Gasteiger partial charge is 0.238 e. The van der Waals surface area contributed by atoms with E-state index >= 15 is 0 Å². The molecule has 0 bridgehead atoms. The van der Waals surface area contributed by atoms with Crippen molar-refractivity contribution in [3.63, 3.8) is 0 Å². The topological polar surface area (TPSA) is 35.6 Å². The zero-order chi connectivity index (χ0) is 19.1. The van der Waals surface area contributed by atoms with Crippen molar-refractivity contribution >= 4 is 17.7 Å². The summed E-state index contributed by atoms with van der Waals surface area (Å²) in [7, 11) is 0. The highest BCUT2D eigenvalue weighted by Gasteiger charge is 2.18. The third-order valence-corrected chi connectivity index (χ3v) is 4.97. The van der Waals surface area contributed by atoms with Gasteiger partial charge in [-0.25, -0.2) is 0 Å². The van der Waals surface area contributed by atoms with Crippen molar-refractivity contribution in [1.29, 1.82) is 0 Å². The van der Waals surface area contributed by atoms with E-state index in [1.807, 2.05) is 32.0 Å². The summed E-state index contributed by atoms with van der Waals surface area (Å²) in [5.41, 5.74) is 4.42. The lowest BCUT2D eigenvalue weighted by Crippen LogP contribution is -2.48. The van der Waals surface area contributed by atoms with Crippen molar-refractivity contribution in [1.82, 2.24) is 9.80 Å². The van der Waals surface area contributed by atoms with Crippen molar-refractivity contribution in [2.45, 2.75) is 13.8 Å². The molecule has 0 aliphatic carbocycles. The third-order valence-electron chi connectivity index (χ3n) is 4.97. The van der Waals surface area contributed by atoms with Crippen molar-refractivity contribution in [2.75, 3.05) is 44.6 Å². The molecule has 0 unspecified atom stereocenters. The maximum atomic E-state index is 12.4. The number of rotatable bonds is 6. The van der Waals surface area contributed by atoms with Gasteiger partial charge in [0.1, 0.15) is 0 Å². The molecule has 0 radical (unpaired) electrons. The second-order valence-corrected chi connectivity index (χ2v) is 7.26. The highest BCUT2D eigenvalue weighted by Crippen LogP contribution is 2.16. The molecule has 1 N–H and O–H groups in total. The van der Waals surface area contributed by atoms with Crippen molar-refractivity contribution in [3.8, 4) is 0 Å². The number of piperazine rings is 1. The number of carbonyl (C=O) groups excluding carboxylic acids is 1. The van der Waals surface area contributed by atoms with E-state index in [0.29, 0.717) is 6.54 Å². The van der Waals surface area contributed by atoms with E-state index in [0.717, 1.165) is 49.5 Å². The molecule has 3 rings (SSSR count). The van der Waals surface area contributed by atoms with Gasteiger partial charge >= 0.3 is 0 Å². The zero-order valence-electron chi connectivity index (χ0n) is 16.3. The molecular weight excluding hydrogens is 334 g/mol. The van der Waals surface area contributed by atoms with Gasteiger partial charge in [-0.2, -0.15) is 0 Å². The molecule has 1 aliphatic heterocycles. The van der Waals surface area contributed by atoms with Crippen LogP contribution < -0.4 is 5.32 Å². The Morgan fingerprint density at radius 2 is 1.70 bits per heavy atom. The Labute approximate surface area is 162 Å². The van der Waals surface area contributed by atoms with Gasteiger partial charge < -0.3 is 5.32 Å². The largest absolute Gasteiger partial charge is 0.325 e. The molecule has 4 heteroatoms. The van der Waals surface area contributed by atoms with E-state index in [2.05, 4.69) is 57.6 Å². The van der Waals surface area contributed by atoms with Crippen molar-refractivity contribution in [3.05, 3.63) is 71.3 Å². The molecule has 1 heterocycles. The third kappa shape index (κ3) is 6.05. The van der Waals surface area contributed by atoms with Crippen LogP contribution in [-0.2, 0) is 4.79 Å². The van der Waals surface area contributed by atoms with Gasteiger partial charge in [-0.3, -0.25) is 14.6 Å². The molecule has 142 valence electrons. The Balaban J connectivity index is 1.40. The number of anilines is 1. The van der Waals surface area contributed by atoms with Crippen LogP contribution in [0, 0.1) is 13.8 Å². The van der Waals surface area contributed by atoms with E-state index in [4.69, 9.17) is 0 Å². The predicted octanol–water partition coefficient (Wildman–Crippen LogP) is 3.57. The number of hydrogen-bond acceptors (Lipinski definition) is 3. The Morgan fingerprint density at radius 1 is 1.00 bits per heavy atom. The fourth-order valence-corrected chi connectivity index (χ4v) is 3.30. The lowest BCUT2D eigenvalue weighted by molar-refractivity contribution is -0.117. The molecule has 0 atom stereocenters. The van der Waals surface area contributed by atoms with E-state index in [-0.39, 0.29) is 5.91 Å². The molecule has 0 saturated carbocycles. The molecule has 2 aromatic rings. The van der Waals surface area contributed by atoms with E-state index < -0.39 is 0 Å². The van der Waals surface area contributed by atoms with Crippen LogP contribution in [0.3, 0.4) is 0 Å². The summed E-state index contributed by atoms with van der Waals surface area (Å²) < 4.78 is 0. The number of carbonyl (C=O) groups is 1. The summed E-state index contributed by atoms with van der Waals surface area (Å²) in [5, 5.41) is 3.06. The van der Waals surface area contributed by atoms with Crippen molar-refractivity contribution < 1.29 is 4.79 Å². The van der Waals surface area contributed by atoms with Crippen LogP contribution in [0.1, 0.15) is 16.7 Å². The Kier molecular flexibility index (Phi) is 6.80. The fourth-order valence-electron chi connectivity index (χ4n) is 3.30. The first-order chi connectivity index (χ1) is 13.1. The number of aryl methyl sites for hydroxylation is 2. The summed E-state index contributed by atoms with van der Waals surface area (Å²) in [6, 6.07) is 16.5.